The molecular weight excluding hydrogens is 224 g/mol. The third-order valence-corrected chi connectivity index (χ3v) is 3.82. The van der Waals surface area contributed by atoms with Crippen LogP contribution >= 0.6 is 0 Å². The molecule has 1 heterocycles. The van der Waals surface area contributed by atoms with Gasteiger partial charge in [-0.05, 0) is 60.0 Å². The minimum Gasteiger partial charge on any atom is -0.375 e. The summed E-state index contributed by atoms with van der Waals surface area (Å²) >= 11 is 0. The highest BCUT2D eigenvalue weighted by Gasteiger charge is 2.24. The lowest BCUT2D eigenvalue weighted by Gasteiger charge is -2.36. The summed E-state index contributed by atoms with van der Waals surface area (Å²) in [5.74, 6) is 0. The zero-order valence-electron chi connectivity index (χ0n) is 13.0. The summed E-state index contributed by atoms with van der Waals surface area (Å²) in [5.41, 5.74) is -0.0215. The van der Waals surface area contributed by atoms with Crippen molar-refractivity contribution < 1.29 is 4.74 Å². The molecule has 0 spiro atoms. The monoisotopic (exact) mass is 256 g/mol. The summed E-state index contributed by atoms with van der Waals surface area (Å²) in [6, 6.07) is 1.31. The second-order valence-corrected chi connectivity index (χ2v) is 6.22. The molecule has 0 aromatic carbocycles. The molecule has 108 valence electrons. The van der Waals surface area contributed by atoms with Crippen LogP contribution in [0.5, 0.6) is 0 Å². The van der Waals surface area contributed by atoms with Crippen LogP contribution in [0.2, 0.25) is 0 Å². The molecule has 0 aliphatic carbocycles. The van der Waals surface area contributed by atoms with Crippen molar-refractivity contribution in [2.75, 3.05) is 26.2 Å². The lowest BCUT2D eigenvalue weighted by Crippen LogP contribution is -2.48. The van der Waals surface area contributed by atoms with Crippen molar-refractivity contribution >= 4 is 0 Å². The molecule has 1 fully saturated rings. The fourth-order valence-corrected chi connectivity index (χ4v) is 2.85. The molecule has 2 atom stereocenters. The first-order valence-corrected chi connectivity index (χ1v) is 7.59. The quantitative estimate of drug-likeness (QED) is 0.818. The van der Waals surface area contributed by atoms with Gasteiger partial charge >= 0.3 is 0 Å². The first-order chi connectivity index (χ1) is 8.46. The maximum atomic E-state index is 5.83. The van der Waals surface area contributed by atoms with E-state index < -0.39 is 0 Å². The normalized spacial score (nSPS) is 27.8. The van der Waals surface area contributed by atoms with Crippen LogP contribution in [0.25, 0.3) is 0 Å². The molecule has 3 nitrogen and oxygen atoms in total. The molecule has 0 aromatic heterocycles. The van der Waals surface area contributed by atoms with E-state index in [0.29, 0.717) is 12.1 Å². The molecule has 1 N–H and O–H groups in total. The summed E-state index contributed by atoms with van der Waals surface area (Å²) < 4.78 is 5.83. The lowest BCUT2D eigenvalue weighted by molar-refractivity contribution is -0.0361. The highest BCUT2D eigenvalue weighted by Crippen LogP contribution is 2.15. The van der Waals surface area contributed by atoms with Gasteiger partial charge in [0.05, 0.1) is 5.60 Å². The van der Waals surface area contributed by atoms with Crippen LogP contribution in [0.1, 0.15) is 53.9 Å². The highest BCUT2D eigenvalue weighted by molar-refractivity contribution is 4.81. The third kappa shape index (κ3) is 5.68. The maximum absolute atomic E-state index is 5.83. The summed E-state index contributed by atoms with van der Waals surface area (Å²) in [4.78, 5) is 2.58. The Bertz CT molecular complexity index is 231. The molecule has 0 aromatic rings. The van der Waals surface area contributed by atoms with Gasteiger partial charge in [0.1, 0.15) is 0 Å². The minimum atomic E-state index is -0.0215. The van der Waals surface area contributed by atoms with Crippen molar-refractivity contribution in [3.63, 3.8) is 0 Å². The Labute approximate surface area is 113 Å². The predicted molar refractivity (Wildman–Crippen MR) is 78.1 cm³/mol. The smallest absolute Gasteiger partial charge is 0.0752 e. The zero-order chi connectivity index (χ0) is 13.6. The predicted octanol–water partition coefficient (Wildman–Crippen LogP) is 2.65. The Morgan fingerprint density at radius 3 is 2.50 bits per heavy atom. The van der Waals surface area contributed by atoms with Crippen molar-refractivity contribution in [1.29, 1.82) is 0 Å². The Hall–Kier alpha value is -0.120. The zero-order valence-corrected chi connectivity index (χ0v) is 13.0. The molecule has 2 unspecified atom stereocenters. The summed E-state index contributed by atoms with van der Waals surface area (Å²) in [6.45, 7) is 15.3. The number of ether oxygens (including phenoxy) is 1. The van der Waals surface area contributed by atoms with Crippen molar-refractivity contribution in [3.05, 3.63) is 0 Å². The maximum Gasteiger partial charge on any atom is 0.0752 e. The van der Waals surface area contributed by atoms with Gasteiger partial charge < -0.3 is 15.0 Å². The second kappa shape index (κ2) is 7.46. The average Bonchev–Trinajstić information content (AvgIpc) is 2.28. The van der Waals surface area contributed by atoms with Crippen LogP contribution in [-0.4, -0.2) is 48.8 Å². The first-order valence-electron chi connectivity index (χ1n) is 7.59. The Balaban J connectivity index is 2.49. The van der Waals surface area contributed by atoms with E-state index in [0.717, 1.165) is 13.2 Å². The van der Waals surface area contributed by atoms with Gasteiger partial charge in [0.25, 0.3) is 0 Å². The van der Waals surface area contributed by atoms with Gasteiger partial charge in [-0.2, -0.15) is 0 Å². The fourth-order valence-electron chi connectivity index (χ4n) is 2.85. The Morgan fingerprint density at radius 2 is 1.89 bits per heavy atom. The molecule has 0 saturated carbocycles. The lowest BCUT2D eigenvalue weighted by atomic mass is 10.0. The number of nitrogens with zero attached hydrogens (tertiary/aromatic N) is 1. The van der Waals surface area contributed by atoms with Gasteiger partial charge in [-0.3, -0.25) is 0 Å². The Kier molecular flexibility index (Phi) is 6.61. The van der Waals surface area contributed by atoms with E-state index in [9.17, 15) is 0 Å². The van der Waals surface area contributed by atoms with E-state index in [-0.39, 0.29) is 5.60 Å². The van der Waals surface area contributed by atoms with Gasteiger partial charge in [0.15, 0.2) is 0 Å². The van der Waals surface area contributed by atoms with Crippen molar-refractivity contribution in [2.45, 2.75) is 71.6 Å². The van der Waals surface area contributed by atoms with Gasteiger partial charge in [-0.15, -0.1) is 0 Å². The summed E-state index contributed by atoms with van der Waals surface area (Å²) in [6.07, 6.45) is 3.72. The first kappa shape index (κ1) is 15.9. The molecular formula is C15H32N2O. The molecule has 3 heteroatoms. The number of hydrogen-bond donors (Lipinski definition) is 1. The molecule has 0 amide bonds. The van der Waals surface area contributed by atoms with Crippen LogP contribution in [-0.2, 0) is 4.74 Å². The summed E-state index contributed by atoms with van der Waals surface area (Å²) in [5, 5.41) is 3.72. The standard InChI is InChI=1S/C15H32N2O/c1-6-14-9-11-17(10-8-13(3)16-14)12-15(4,5)18-7-2/h13-14,16H,6-12H2,1-5H3. The largest absolute Gasteiger partial charge is 0.375 e. The SMILES string of the molecule is CCOC(C)(C)CN1CCC(C)NC(CC)CC1. The van der Waals surface area contributed by atoms with Crippen molar-refractivity contribution in [3.8, 4) is 0 Å². The van der Waals surface area contributed by atoms with Crippen LogP contribution < -0.4 is 5.32 Å². The van der Waals surface area contributed by atoms with Crippen molar-refractivity contribution in [2.24, 2.45) is 0 Å². The number of hydrogen-bond acceptors (Lipinski definition) is 3. The Morgan fingerprint density at radius 1 is 1.22 bits per heavy atom. The topological polar surface area (TPSA) is 24.5 Å². The van der Waals surface area contributed by atoms with Gasteiger partial charge in [0, 0.05) is 25.2 Å². The molecule has 1 rings (SSSR count). The molecule has 1 aliphatic rings. The minimum absolute atomic E-state index is 0.0215. The van der Waals surface area contributed by atoms with Crippen molar-refractivity contribution in [1.82, 2.24) is 10.2 Å². The number of rotatable bonds is 5. The number of nitrogens with one attached hydrogen (secondary N) is 1. The van der Waals surface area contributed by atoms with Gasteiger partial charge in [-0.25, -0.2) is 0 Å². The van der Waals surface area contributed by atoms with Gasteiger partial charge in [0.2, 0.25) is 0 Å². The van der Waals surface area contributed by atoms with E-state index >= 15 is 0 Å². The van der Waals surface area contributed by atoms with Crippen LogP contribution in [0.15, 0.2) is 0 Å². The van der Waals surface area contributed by atoms with Crippen LogP contribution in [0.3, 0.4) is 0 Å². The fraction of sp³-hybridized carbons (Fsp3) is 1.00. The van der Waals surface area contributed by atoms with E-state index in [1.807, 2.05) is 0 Å². The molecule has 1 aliphatic heterocycles. The molecule has 0 radical (unpaired) electrons. The van der Waals surface area contributed by atoms with E-state index in [2.05, 4.69) is 44.8 Å². The van der Waals surface area contributed by atoms with E-state index in [1.165, 1.54) is 32.4 Å². The average molecular weight is 256 g/mol. The van der Waals surface area contributed by atoms with Crippen LogP contribution in [0.4, 0.5) is 0 Å². The molecule has 18 heavy (non-hydrogen) atoms. The second-order valence-electron chi connectivity index (χ2n) is 6.22. The summed E-state index contributed by atoms with van der Waals surface area (Å²) in [7, 11) is 0. The van der Waals surface area contributed by atoms with E-state index in [1.54, 1.807) is 0 Å². The highest BCUT2D eigenvalue weighted by atomic mass is 16.5. The van der Waals surface area contributed by atoms with E-state index in [4.69, 9.17) is 4.74 Å². The van der Waals surface area contributed by atoms with Crippen LogP contribution in [0, 0.1) is 0 Å². The molecule has 0 bridgehead atoms. The third-order valence-electron chi connectivity index (χ3n) is 3.82. The van der Waals surface area contributed by atoms with Gasteiger partial charge in [-0.1, -0.05) is 6.92 Å². The molecule has 1 saturated heterocycles.